The van der Waals surface area contributed by atoms with Crippen LogP contribution in [0.1, 0.15) is 31.9 Å². The number of rotatable bonds is 4. The third kappa shape index (κ3) is 3.07. The van der Waals surface area contributed by atoms with Crippen LogP contribution in [0.4, 0.5) is 0 Å². The summed E-state index contributed by atoms with van der Waals surface area (Å²) >= 11 is 0. The molecule has 0 amide bonds. The molecule has 1 aromatic rings. The highest BCUT2D eigenvalue weighted by Crippen LogP contribution is 2.19. The number of hydrogen-bond acceptors (Lipinski definition) is 2. The van der Waals surface area contributed by atoms with Crippen molar-refractivity contribution in [3.8, 4) is 0 Å². The Balaban J connectivity index is 2.58. The van der Waals surface area contributed by atoms with Crippen molar-refractivity contribution in [1.29, 1.82) is 0 Å². The summed E-state index contributed by atoms with van der Waals surface area (Å²) in [6.45, 7) is 4.00. The fraction of sp³-hybridized carbons (Fsp3) is 0.500. The second-order valence-corrected chi connectivity index (χ2v) is 3.45. The molecular formula is C10H14N4. The molecule has 0 saturated heterocycles. The van der Waals surface area contributed by atoms with Crippen molar-refractivity contribution in [3.63, 3.8) is 0 Å². The Bertz CT molecular complexity index is 316. The third-order valence-corrected chi connectivity index (χ3v) is 2.14. The molecule has 0 saturated carbocycles. The number of azide groups is 1. The molecule has 0 radical (unpaired) electrons. The molecule has 4 heteroatoms. The highest BCUT2D eigenvalue weighted by Gasteiger charge is 2.09. The maximum absolute atomic E-state index is 8.26. The van der Waals surface area contributed by atoms with Gasteiger partial charge in [0, 0.05) is 22.8 Å². The number of pyridine rings is 1. The Morgan fingerprint density at radius 3 is 2.86 bits per heavy atom. The molecule has 1 aromatic heterocycles. The van der Waals surface area contributed by atoms with E-state index in [9.17, 15) is 0 Å². The van der Waals surface area contributed by atoms with E-state index in [0.29, 0.717) is 5.92 Å². The summed E-state index contributed by atoms with van der Waals surface area (Å²) in [6.07, 6.45) is 2.62. The molecule has 0 aliphatic heterocycles. The largest absolute Gasteiger partial charge is 0.261 e. The average molecular weight is 190 g/mol. The molecule has 0 fully saturated rings. The number of nitrogens with zero attached hydrogens (tertiary/aromatic N) is 4. The highest BCUT2D eigenvalue weighted by atomic mass is 15.1. The van der Waals surface area contributed by atoms with Crippen LogP contribution in [0.2, 0.25) is 0 Å². The molecule has 0 aliphatic rings. The Labute approximate surface area is 83.6 Å². The maximum atomic E-state index is 8.26. The molecule has 74 valence electrons. The van der Waals surface area contributed by atoms with Gasteiger partial charge in [-0.05, 0) is 30.0 Å². The van der Waals surface area contributed by atoms with Gasteiger partial charge in [0.2, 0.25) is 0 Å². The van der Waals surface area contributed by atoms with E-state index in [1.54, 1.807) is 6.20 Å². The first-order valence-corrected chi connectivity index (χ1v) is 4.69. The molecule has 0 N–H and O–H groups in total. The topological polar surface area (TPSA) is 61.7 Å². The highest BCUT2D eigenvalue weighted by molar-refractivity contribution is 5.08. The maximum Gasteiger partial charge on any atom is 0.0431 e. The average Bonchev–Trinajstić information content (AvgIpc) is 2.19. The van der Waals surface area contributed by atoms with E-state index < -0.39 is 0 Å². The lowest BCUT2D eigenvalue weighted by molar-refractivity contribution is 0.573. The van der Waals surface area contributed by atoms with Crippen LogP contribution in [0.5, 0.6) is 0 Å². The van der Waals surface area contributed by atoms with E-state index in [4.69, 9.17) is 5.53 Å². The standard InChI is InChI=1S/C10H14N4/c1-8(7-9(2)13-14-11)10-5-3-4-6-12-10/h3-6,8-9H,7H2,1-2H3. The zero-order chi connectivity index (χ0) is 10.4. The first kappa shape index (κ1) is 10.5. The van der Waals surface area contributed by atoms with Gasteiger partial charge in [-0.25, -0.2) is 0 Å². The van der Waals surface area contributed by atoms with Crippen molar-refractivity contribution >= 4 is 0 Å². The lowest BCUT2D eigenvalue weighted by Gasteiger charge is -2.12. The summed E-state index contributed by atoms with van der Waals surface area (Å²) in [4.78, 5) is 7.04. The van der Waals surface area contributed by atoms with Gasteiger partial charge in [-0.1, -0.05) is 25.0 Å². The number of aromatic nitrogens is 1. The van der Waals surface area contributed by atoms with Gasteiger partial charge in [0.25, 0.3) is 0 Å². The molecule has 1 heterocycles. The van der Waals surface area contributed by atoms with Gasteiger partial charge in [-0.15, -0.1) is 0 Å². The molecule has 1 rings (SSSR count). The number of hydrogen-bond donors (Lipinski definition) is 0. The van der Waals surface area contributed by atoms with Crippen LogP contribution < -0.4 is 0 Å². The predicted octanol–water partition coefficient (Wildman–Crippen LogP) is 3.27. The smallest absolute Gasteiger partial charge is 0.0431 e. The van der Waals surface area contributed by atoms with Crippen LogP contribution in [0.15, 0.2) is 29.5 Å². The fourth-order valence-electron chi connectivity index (χ4n) is 1.44. The van der Waals surface area contributed by atoms with Crippen LogP contribution in [0.25, 0.3) is 10.4 Å². The predicted molar refractivity (Wildman–Crippen MR) is 55.9 cm³/mol. The zero-order valence-electron chi connectivity index (χ0n) is 8.46. The van der Waals surface area contributed by atoms with E-state index in [2.05, 4.69) is 21.9 Å². The van der Waals surface area contributed by atoms with Crippen molar-refractivity contribution in [2.45, 2.75) is 32.2 Å². The van der Waals surface area contributed by atoms with Crippen molar-refractivity contribution < 1.29 is 0 Å². The van der Waals surface area contributed by atoms with E-state index >= 15 is 0 Å². The van der Waals surface area contributed by atoms with Gasteiger partial charge >= 0.3 is 0 Å². The molecule has 0 spiro atoms. The monoisotopic (exact) mass is 190 g/mol. The van der Waals surface area contributed by atoms with E-state index in [1.165, 1.54) is 0 Å². The second-order valence-electron chi connectivity index (χ2n) is 3.45. The van der Waals surface area contributed by atoms with E-state index in [1.807, 2.05) is 25.1 Å². The fourth-order valence-corrected chi connectivity index (χ4v) is 1.44. The molecule has 2 atom stereocenters. The van der Waals surface area contributed by atoms with Gasteiger partial charge in [-0.2, -0.15) is 0 Å². The zero-order valence-corrected chi connectivity index (χ0v) is 8.46. The van der Waals surface area contributed by atoms with Gasteiger partial charge in [0.05, 0.1) is 0 Å². The second kappa shape index (κ2) is 5.25. The molecule has 0 bridgehead atoms. The Morgan fingerprint density at radius 2 is 2.29 bits per heavy atom. The van der Waals surface area contributed by atoms with Crippen LogP contribution >= 0.6 is 0 Å². The normalized spacial score (nSPS) is 14.1. The summed E-state index contributed by atoms with van der Waals surface area (Å²) in [5.41, 5.74) is 9.31. The van der Waals surface area contributed by atoms with Crippen LogP contribution in [-0.4, -0.2) is 11.0 Å². The summed E-state index contributed by atoms with van der Waals surface area (Å²) < 4.78 is 0. The van der Waals surface area contributed by atoms with Gasteiger partial charge in [-0.3, -0.25) is 4.98 Å². The first-order valence-electron chi connectivity index (χ1n) is 4.69. The minimum absolute atomic E-state index is 0.0250. The van der Waals surface area contributed by atoms with Crippen molar-refractivity contribution in [2.24, 2.45) is 5.11 Å². The summed E-state index contributed by atoms with van der Waals surface area (Å²) in [7, 11) is 0. The third-order valence-electron chi connectivity index (χ3n) is 2.14. The molecule has 4 nitrogen and oxygen atoms in total. The van der Waals surface area contributed by atoms with Crippen LogP contribution in [0.3, 0.4) is 0 Å². The van der Waals surface area contributed by atoms with Crippen LogP contribution in [0, 0.1) is 0 Å². The van der Waals surface area contributed by atoms with Gasteiger partial charge < -0.3 is 0 Å². The summed E-state index contributed by atoms with van der Waals surface area (Å²) in [6, 6.07) is 5.88. The Kier molecular flexibility index (Phi) is 3.95. The molecule has 14 heavy (non-hydrogen) atoms. The summed E-state index contributed by atoms with van der Waals surface area (Å²) in [5, 5.41) is 3.64. The van der Waals surface area contributed by atoms with Crippen molar-refractivity contribution in [1.82, 2.24) is 4.98 Å². The Hall–Kier alpha value is -1.54. The van der Waals surface area contributed by atoms with Crippen LogP contribution in [-0.2, 0) is 0 Å². The quantitative estimate of drug-likeness (QED) is 0.408. The summed E-state index contributed by atoms with van der Waals surface area (Å²) in [5.74, 6) is 0.330. The lowest BCUT2D eigenvalue weighted by atomic mass is 9.99. The molecule has 2 unspecified atom stereocenters. The SMILES string of the molecule is CC(CC(C)c1ccccn1)N=[N+]=[N-]. The van der Waals surface area contributed by atoms with Gasteiger partial charge in [0.15, 0.2) is 0 Å². The Morgan fingerprint density at radius 1 is 1.50 bits per heavy atom. The van der Waals surface area contributed by atoms with Crippen molar-refractivity contribution in [3.05, 3.63) is 40.5 Å². The first-order chi connectivity index (χ1) is 6.74. The van der Waals surface area contributed by atoms with E-state index in [-0.39, 0.29) is 6.04 Å². The van der Waals surface area contributed by atoms with E-state index in [0.717, 1.165) is 12.1 Å². The lowest BCUT2D eigenvalue weighted by Crippen LogP contribution is -2.05. The molecule has 0 aliphatic carbocycles. The molecule has 0 aromatic carbocycles. The van der Waals surface area contributed by atoms with Gasteiger partial charge in [0.1, 0.15) is 0 Å². The molecular weight excluding hydrogens is 176 g/mol. The minimum Gasteiger partial charge on any atom is -0.261 e. The minimum atomic E-state index is 0.0250. The van der Waals surface area contributed by atoms with Crippen molar-refractivity contribution in [2.75, 3.05) is 0 Å².